The summed E-state index contributed by atoms with van der Waals surface area (Å²) in [6.45, 7) is 1.59. The van der Waals surface area contributed by atoms with E-state index in [1.807, 2.05) is 0 Å². The molecular weight excluding hydrogens is 271 g/mol. The third-order valence-corrected chi connectivity index (χ3v) is 4.86. The van der Waals surface area contributed by atoms with Crippen molar-refractivity contribution in [2.24, 2.45) is 0 Å². The van der Waals surface area contributed by atoms with Gasteiger partial charge in [-0.2, -0.15) is 4.31 Å². The first kappa shape index (κ1) is 14.4. The Morgan fingerprint density at radius 3 is 2.74 bits per heavy atom. The van der Waals surface area contributed by atoms with Crippen molar-refractivity contribution in [1.82, 2.24) is 9.62 Å². The van der Waals surface area contributed by atoms with Gasteiger partial charge in [0.25, 0.3) is 0 Å². The van der Waals surface area contributed by atoms with Crippen LogP contribution in [0.1, 0.15) is 0 Å². The molecule has 1 unspecified atom stereocenters. The first-order valence-electron chi connectivity index (χ1n) is 6.06. The number of sulfonamides is 1. The molecule has 0 amide bonds. The van der Waals surface area contributed by atoms with Crippen LogP contribution in [0.5, 0.6) is 0 Å². The van der Waals surface area contributed by atoms with Gasteiger partial charge in [0, 0.05) is 19.6 Å². The Kier molecular flexibility index (Phi) is 4.51. The lowest BCUT2D eigenvalue weighted by Crippen LogP contribution is -2.48. The van der Waals surface area contributed by atoms with Crippen LogP contribution < -0.4 is 5.32 Å². The molecule has 1 aromatic carbocycles. The van der Waals surface area contributed by atoms with Gasteiger partial charge >= 0.3 is 0 Å². The van der Waals surface area contributed by atoms with E-state index in [0.29, 0.717) is 26.2 Å². The van der Waals surface area contributed by atoms with Crippen LogP contribution in [-0.4, -0.2) is 52.1 Å². The van der Waals surface area contributed by atoms with Gasteiger partial charge in [-0.05, 0) is 31.3 Å². The highest BCUT2D eigenvalue weighted by molar-refractivity contribution is 7.89. The zero-order valence-corrected chi connectivity index (χ0v) is 11.5. The molecular formula is C12H17FN2O3S. The number of hydrogen-bond donors (Lipinski definition) is 1. The second-order valence-electron chi connectivity index (χ2n) is 4.37. The molecule has 1 aromatic rings. The second-order valence-corrected chi connectivity index (χ2v) is 6.31. The number of rotatable bonds is 4. The number of nitrogens with zero attached hydrogens (tertiary/aromatic N) is 1. The predicted molar refractivity (Wildman–Crippen MR) is 68.8 cm³/mol. The molecule has 1 aliphatic rings. The summed E-state index contributed by atoms with van der Waals surface area (Å²) in [5, 5.41) is 2.96. The summed E-state index contributed by atoms with van der Waals surface area (Å²) in [5.74, 6) is -0.450. The molecule has 19 heavy (non-hydrogen) atoms. The average Bonchev–Trinajstić information content (AvgIpc) is 2.40. The van der Waals surface area contributed by atoms with Gasteiger partial charge in [0.1, 0.15) is 5.82 Å². The highest BCUT2D eigenvalue weighted by atomic mass is 32.2. The van der Waals surface area contributed by atoms with Crippen LogP contribution in [0.4, 0.5) is 4.39 Å². The maximum Gasteiger partial charge on any atom is 0.243 e. The lowest BCUT2D eigenvalue weighted by Gasteiger charge is -2.32. The largest absolute Gasteiger partial charge is 0.374 e. The molecule has 1 atom stereocenters. The minimum atomic E-state index is -3.57. The molecule has 0 bridgehead atoms. The van der Waals surface area contributed by atoms with Crippen LogP contribution in [0, 0.1) is 5.82 Å². The lowest BCUT2D eigenvalue weighted by molar-refractivity contribution is 0.000823. The van der Waals surface area contributed by atoms with Crippen LogP contribution in [0.25, 0.3) is 0 Å². The molecule has 1 fully saturated rings. The normalized spacial score (nSPS) is 21.5. The van der Waals surface area contributed by atoms with Gasteiger partial charge in [-0.1, -0.05) is 0 Å². The zero-order chi connectivity index (χ0) is 13.9. The minimum absolute atomic E-state index is 0.110. The van der Waals surface area contributed by atoms with Crippen molar-refractivity contribution in [3.63, 3.8) is 0 Å². The predicted octanol–water partition coefficient (Wildman–Crippen LogP) is 0.435. The van der Waals surface area contributed by atoms with Crippen LogP contribution in [0.2, 0.25) is 0 Å². The molecule has 1 aliphatic heterocycles. The Morgan fingerprint density at radius 2 is 2.11 bits per heavy atom. The van der Waals surface area contributed by atoms with Gasteiger partial charge in [0.15, 0.2) is 0 Å². The molecule has 5 nitrogen and oxygen atoms in total. The molecule has 1 heterocycles. The summed E-state index contributed by atoms with van der Waals surface area (Å²) in [4.78, 5) is 0.110. The molecule has 0 spiro atoms. The van der Waals surface area contributed by atoms with E-state index in [1.54, 1.807) is 7.05 Å². The van der Waals surface area contributed by atoms with Gasteiger partial charge in [0.2, 0.25) is 10.0 Å². The van der Waals surface area contributed by atoms with Gasteiger partial charge in [0.05, 0.1) is 17.6 Å². The topological polar surface area (TPSA) is 58.6 Å². The number of ether oxygens (including phenoxy) is 1. The third-order valence-electron chi connectivity index (χ3n) is 2.98. The number of nitrogens with one attached hydrogen (secondary N) is 1. The van der Waals surface area contributed by atoms with Crippen LogP contribution in [0.3, 0.4) is 0 Å². The Labute approximate surface area is 112 Å². The fourth-order valence-electron chi connectivity index (χ4n) is 2.02. The quantitative estimate of drug-likeness (QED) is 0.873. The van der Waals surface area contributed by atoms with Crippen LogP contribution >= 0.6 is 0 Å². The zero-order valence-electron chi connectivity index (χ0n) is 10.7. The van der Waals surface area contributed by atoms with E-state index in [0.717, 1.165) is 12.1 Å². The van der Waals surface area contributed by atoms with E-state index < -0.39 is 15.8 Å². The molecule has 0 saturated carbocycles. The van der Waals surface area contributed by atoms with Crippen molar-refractivity contribution in [1.29, 1.82) is 0 Å². The summed E-state index contributed by atoms with van der Waals surface area (Å²) >= 11 is 0. The fourth-order valence-corrected chi connectivity index (χ4v) is 3.47. The minimum Gasteiger partial charge on any atom is -0.374 e. The Hall–Kier alpha value is -1.02. The fraction of sp³-hybridized carbons (Fsp3) is 0.500. The van der Waals surface area contributed by atoms with Crippen molar-refractivity contribution in [3.05, 3.63) is 30.1 Å². The summed E-state index contributed by atoms with van der Waals surface area (Å²) in [5.41, 5.74) is 0. The van der Waals surface area contributed by atoms with Gasteiger partial charge < -0.3 is 10.1 Å². The Balaban J connectivity index is 2.17. The number of benzene rings is 1. The number of likely N-dealkylation sites (N-methyl/N-ethyl adjacent to an activating group) is 1. The summed E-state index contributed by atoms with van der Waals surface area (Å²) in [6, 6.07) is 4.87. The Bertz CT molecular complexity index is 516. The monoisotopic (exact) mass is 288 g/mol. The molecule has 0 aromatic heterocycles. The smallest absolute Gasteiger partial charge is 0.243 e. The van der Waals surface area contributed by atoms with Crippen LogP contribution in [-0.2, 0) is 14.8 Å². The second kappa shape index (κ2) is 5.96. The molecule has 7 heteroatoms. The SMILES string of the molecule is CNCC1CN(S(=O)(=O)c2ccc(F)cc2)CCO1. The van der Waals surface area contributed by atoms with Gasteiger partial charge in [-0.15, -0.1) is 0 Å². The highest BCUT2D eigenvalue weighted by Gasteiger charge is 2.30. The number of hydrogen-bond acceptors (Lipinski definition) is 4. The first-order chi connectivity index (χ1) is 9.04. The summed E-state index contributed by atoms with van der Waals surface area (Å²) in [6.07, 6.45) is -0.158. The standard InChI is InChI=1S/C12H17FN2O3S/c1-14-8-11-9-15(6-7-18-11)19(16,17)12-4-2-10(13)3-5-12/h2-5,11,14H,6-9H2,1H3. The van der Waals surface area contributed by atoms with Crippen LogP contribution in [0.15, 0.2) is 29.2 Å². The molecule has 1 N–H and O–H groups in total. The van der Waals surface area contributed by atoms with E-state index >= 15 is 0 Å². The van der Waals surface area contributed by atoms with Gasteiger partial charge in [-0.25, -0.2) is 12.8 Å². The summed E-state index contributed by atoms with van der Waals surface area (Å²) in [7, 11) is -1.78. The maximum absolute atomic E-state index is 12.8. The van der Waals surface area contributed by atoms with Crippen molar-refractivity contribution in [2.45, 2.75) is 11.0 Å². The first-order valence-corrected chi connectivity index (χ1v) is 7.50. The molecule has 0 radical (unpaired) electrons. The van der Waals surface area contributed by atoms with Crippen molar-refractivity contribution in [3.8, 4) is 0 Å². The van der Waals surface area contributed by atoms with E-state index in [-0.39, 0.29) is 11.0 Å². The van der Waals surface area contributed by atoms with Crippen molar-refractivity contribution in [2.75, 3.05) is 33.3 Å². The Morgan fingerprint density at radius 1 is 1.42 bits per heavy atom. The lowest BCUT2D eigenvalue weighted by atomic mass is 10.3. The summed E-state index contributed by atoms with van der Waals surface area (Å²) < 4.78 is 44.4. The molecule has 1 saturated heterocycles. The molecule has 106 valence electrons. The molecule has 2 rings (SSSR count). The number of halogens is 1. The number of morpholine rings is 1. The van der Waals surface area contributed by atoms with E-state index in [9.17, 15) is 12.8 Å². The third kappa shape index (κ3) is 3.30. The van der Waals surface area contributed by atoms with E-state index in [2.05, 4.69) is 5.32 Å². The van der Waals surface area contributed by atoms with Gasteiger partial charge in [-0.3, -0.25) is 0 Å². The van der Waals surface area contributed by atoms with E-state index in [4.69, 9.17) is 4.74 Å². The average molecular weight is 288 g/mol. The van der Waals surface area contributed by atoms with Crippen molar-refractivity contribution < 1.29 is 17.5 Å². The highest BCUT2D eigenvalue weighted by Crippen LogP contribution is 2.18. The molecule has 0 aliphatic carbocycles. The van der Waals surface area contributed by atoms with E-state index in [1.165, 1.54) is 16.4 Å². The maximum atomic E-state index is 12.8. The van der Waals surface area contributed by atoms with Crippen molar-refractivity contribution >= 4 is 10.0 Å².